The summed E-state index contributed by atoms with van der Waals surface area (Å²) in [5.74, 6) is 0.903. The predicted octanol–water partition coefficient (Wildman–Crippen LogP) is 1.55. The molecule has 0 aromatic heterocycles. The van der Waals surface area contributed by atoms with Gasteiger partial charge >= 0.3 is 5.97 Å². The quantitative estimate of drug-likeness (QED) is 0.563. The van der Waals surface area contributed by atoms with E-state index in [2.05, 4.69) is 5.32 Å². The zero-order valence-electron chi connectivity index (χ0n) is 8.43. The summed E-state index contributed by atoms with van der Waals surface area (Å²) >= 11 is 5.41. The van der Waals surface area contributed by atoms with E-state index in [1.165, 1.54) is 12.8 Å². The Morgan fingerprint density at radius 2 is 2.14 bits per heavy atom. The SMILES string of the molecule is O=C(CCCl)OCCC1CCNCC1. The van der Waals surface area contributed by atoms with Crippen molar-refractivity contribution in [2.45, 2.75) is 25.7 Å². The highest BCUT2D eigenvalue weighted by molar-refractivity contribution is 6.18. The Morgan fingerprint density at radius 1 is 1.43 bits per heavy atom. The van der Waals surface area contributed by atoms with E-state index < -0.39 is 0 Å². The summed E-state index contributed by atoms with van der Waals surface area (Å²) < 4.78 is 5.04. The van der Waals surface area contributed by atoms with Gasteiger partial charge in [-0.25, -0.2) is 0 Å². The minimum absolute atomic E-state index is 0.172. The molecule has 0 unspecified atom stereocenters. The number of hydrogen-bond donors (Lipinski definition) is 1. The highest BCUT2D eigenvalue weighted by Gasteiger charge is 2.13. The number of esters is 1. The summed E-state index contributed by atoms with van der Waals surface area (Å²) in [6, 6.07) is 0. The van der Waals surface area contributed by atoms with Crippen molar-refractivity contribution >= 4 is 17.6 Å². The van der Waals surface area contributed by atoms with Crippen molar-refractivity contribution in [1.82, 2.24) is 5.32 Å². The van der Waals surface area contributed by atoms with Crippen LogP contribution in [0, 0.1) is 5.92 Å². The molecule has 1 aliphatic heterocycles. The standard InChI is InChI=1S/C10H18ClNO2/c11-5-1-10(13)14-8-4-9-2-6-12-7-3-9/h9,12H,1-8H2. The van der Waals surface area contributed by atoms with Gasteiger partial charge in [-0.3, -0.25) is 4.79 Å². The molecule has 1 N–H and O–H groups in total. The highest BCUT2D eigenvalue weighted by Crippen LogP contribution is 2.15. The van der Waals surface area contributed by atoms with Crippen LogP contribution in [0.2, 0.25) is 0 Å². The first-order valence-corrected chi connectivity index (χ1v) is 5.78. The van der Waals surface area contributed by atoms with Crippen LogP contribution in [0.1, 0.15) is 25.7 Å². The van der Waals surface area contributed by atoms with E-state index in [-0.39, 0.29) is 5.97 Å². The van der Waals surface area contributed by atoms with E-state index in [1.807, 2.05) is 0 Å². The van der Waals surface area contributed by atoms with Crippen LogP contribution in [-0.2, 0) is 9.53 Å². The molecule has 0 aromatic carbocycles. The van der Waals surface area contributed by atoms with Gasteiger partial charge in [0.05, 0.1) is 13.0 Å². The molecule has 0 amide bonds. The summed E-state index contributed by atoms with van der Waals surface area (Å²) in [6.45, 7) is 2.75. The van der Waals surface area contributed by atoms with Crippen molar-refractivity contribution in [2.75, 3.05) is 25.6 Å². The van der Waals surface area contributed by atoms with Crippen LogP contribution in [0.5, 0.6) is 0 Å². The van der Waals surface area contributed by atoms with Gasteiger partial charge in [-0.05, 0) is 38.3 Å². The third kappa shape index (κ3) is 4.82. The topological polar surface area (TPSA) is 38.3 Å². The maximum atomic E-state index is 11.0. The predicted molar refractivity (Wildman–Crippen MR) is 56.5 cm³/mol. The first kappa shape index (κ1) is 11.8. The molecule has 1 saturated heterocycles. The molecule has 4 heteroatoms. The summed E-state index contributed by atoms with van der Waals surface area (Å²) in [5.41, 5.74) is 0. The molecule has 0 radical (unpaired) electrons. The van der Waals surface area contributed by atoms with Gasteiger partial charge in [-0.15, -0.1) is 11.6 Å². The van der Waals surface area contributed by atoms with Crippen LogP contribution in [0.3, 0.4) is 0 Å². The molecular formula is C10H18ClNO2. The first-order chi connectivity index (χ1) is 6.83. The number of hydrogen-bond acceptors (Lipinski definition) is 3. The summed E-state index contributed by atoms with van der Waals surface area (Å²) in [7, 11) is 0. The van der Waals surface area contributed by atoms with Crippen LogP contribution in [0.25, 0.3) is 0 Å². The Morgan fingerprint density at radius 3 is 2.79 bits per heavy atom. The average Bonchev–Trinajstić information content (AvgIpc) is 2.20. The molecular weight excluding hydrogens is 202 g/mol. The first-order valence-electron chi connectivity index (χ1n) is 5.25. The van der Waals surface area contributed by atoms with E-state index in [4.69, 9.17) is 16.3 Å². The van der Waals surface area contributed by atoms with Gasteiger partial charge in [0.1, 0.15) is 0 Å². The number of rotatable bonds is 5. The van der Waals surface area contributed by atoms with E-state index >= 15 is 0 Å². The summed E-state index contributed by atoms with van der Waals surface area (Å²) in [5, 5.41) is 3.31. The van der Waals surface area contributed by atoms with Crippen molar-refractivity contribution in [3.63, 3.8) is 0 Å². The maximum Gasteiger partial charge on any atom is 0.306 e. The lowest BCUT2D eigenvalue weighted by Gasteiger charge is -2.22. The number of nitrogens with one attached hydrogen (secondary N) is 1. The van der Waals surface area contributed by atoms with Crippen molar-refractivity contribution in [3.05, 3.63) is 0 Å². The van der Waals surface area contributed by atoms with Gasteiger partial charge in [0.25, 0.3) is 0 Å². The molecule has 14 heavy (non-hydrogen) atoms. The van der Waals surface area contributed by atoms with Gasteiger partial charge in [0.15, 0.2) is 0 Å². The Hall–Kier alpha value is -0.280. The number of carbonyl (C=O) groups excluding carboxylic acids is 1. The third-order valence-electron chi connectivity index (χ3n) is 2.55. The molecule has 1 fully saturated rings. The molecule has 0 saturated carbocycles. The van der Waals surface area contributed by atoms with E-state index in [1.54, 1.807) is 0 Å². The summed E-state index contributed by atoms with van der Waals surface area (Å²) in [6.07, 6.45) is 3.73. The fraction of sp³-hybridized carbons (Fsp3) is 0.900. The van der Waals surface area contributed by atoms with E-state index in [9.17, 15) is 4.79 Å². The third-order valence-corrected chi connectivity index (χ3v) is 2.74. The molecule has 0 aliphatic carbocycles. The number of halogens is 1. The molecule has 0 atom stereocenters. The van der Waals surface area contributed by atoms with Gasteiger partial charge in [-0.2, -0.15) is 0 Å². The second-order valence-electron chi connectivity index (χ2n) is 3.64. The smallest absolute Gasteiger partial charge is 0.306 e. The normalized spacial score (nSPS) is 18.1. The molecule has 82 valence electrons. The number of piperidine rings is 1. The van der Waals surface area contributed by atoms with Crippen LogP contribution in [0.15, 0.2) is 0 Å². The highest BCUT2D eigenvalue weighted by atomic mass is 35.5. The van der Waals surface area contributed by atoms with E-state index in [0.717, 1.165) is 25.4 Å². The van der Waals surface area contributed by atoms with Crippen LogP contribution in [0.4, 0.5) is 0 Å². The van der Waals surface area contributed by atoms with Gasteiger partial charge in [0, 0.05) is 5.88 Å². The van der Waals surface area contributed by atoms with E-state index in [0.29, 0.717) is 18.9 Å². The lowest BCUT2D eigenvalue weighted by atomic mass is 9.95. The number of alkyl halides is 1. The largest absolute Gasteiger partial charge is 0.466 e. The Bertz CT molecular complexity index is 170. The second kappa shape index (κ2) is 7.07. The maximum absolute atomic E-state index is 11.0. The average molecular weight is 220 g/mol. The molecule has 0 spiro atoms. The van der Waals surface area contributed by atoms with Crippen molar-refractivity contribution in [1.29, 1.82) is 0 Å². The fourth-order valence-corrected chi connectivity index (χ4v) is 1.81. The van der Waals surface area contributed by atoms with Crippen LogP contribution < -0.4 is 5.32 Å². The van der Waals surface area contributed by atoms with Crippen molar-refractivity contribution < 1.29 is 9.53 Å². The summed E-state index contributed by atoms with van der Waals surface area (Å²) in [4.78, 5) is 11.0. The van der Waals surface area contributed by atoms with Gasteiger partial charge < -0.3 is 10.1 Å². The minimum atomic E-state index is -0.172. The monoisotopic (exact) mass is 219 g/mol. The van der Waals surface area contributed by atoms with Crippen LogP contribution >= 0.6 is 11.6 Å². The Balaban J connectivity index is 1.99. The zero-order chi connectivity index (χ0) is 10.2. The number of carbonyl (C=O) groups is 1. The molecule has 0 aromatic rings. The molecule has 1 rings (SSSR count). The lowest BCUT2D eigenvalue weighted by Crippen LogP contribution is -2.28. The van der Waals surface area contributed by atoms with Crippen LogP contribution in [-0.4, -0.2) is 31.5 Å². The zero-order valence-corrected chi connectivity index (χ0v) is 9.18. The minimum Gasteiger partial charge on any atom is -0.466 e. The number of ether oxygens (including phenoxy) is 1. The fourth-order valence-electron chi connectivity index (χ4n) is 1.66. The second-order valence-corrected chi connectivity index (χ2v) is 4.02. The lowest BCUT2D eigenvalue weighted by molar-refractivity contribution is -0.143. The Kier molecular flexibility index (Phi) is 5.96. The van der Waals surface area contributed by atoms with Gasteiger partial charge in [0.2, 0.25) is 0 Å². The molecule has 3 nitrogen and oxygen atoms in total. The Labute approximate surface area is 90.1 Å². The van der Waals surface area contributed by atoms with Gasteiger partial charge in [-0.1, -0.05) is 0 Å². The molecule has 0 bridgehead atoms. The van der Waals surface area contributed by atoms with Crippen molar-refractivity contribution in [3.8, 4) is 0 Å². The molecule has 1 heterocycles. The molecule has 1 aliphatic rings. The van der Waals surface area contributed by atoms with Crippen molar-refractivity contribution in [2.24, 2.45) is 5.92 Å².